The van der Waals surface area contributed by atoms with E-state index < -0.39 is 5.97 Å². The van der Waals surface area contributed by atoms with E-state index in [4.69, 9.17) is 42.6 Å². The first-order valence-electron chi connectivity index (χ1n) is 21.5. The van der Waals surface area contributed by atoms with Crippen LogP contribution in [0.3, 0.4) is 0 Å². The number of hydrogen-bond acceptors (Lipinski definition) is 10. The van der Waals surface area contributed by atoms with E-state index in [1.165, 1.54) is 51.4 Å². The second-order valence-corrected chi connectivity index (χ2v) is 15.7. The summed E-state index contributed by atoms with van der Waals surface area (Å²) in [6.07, 6.45) is 14.0. The summed E-state index contributed by atoms with van der Waals surface area (Å²) in [5.74, 6) is 5.25. The largest absolute Gasteiger partial charge is 0.490 e. The molecule has 0 aliphatic carbocycles. The molecule has 0 fully saturated rings. The molecule has 9 rings (SSSR count). The first kappa shape index (κ1) is 38.7. The van der Waals surface area contributed by atoms with Gasteiger partial charge in [-0.15, -0.1) is 0 Å². The number of carbonyl (C=O) groups excluding carboxylic acids is 1. The average Bonchev–Trinajstić information content (AvgIpc) is 4.02. The van der Waals surface area contributed by atoms with Gasteiger partial charge in [-0.05, 0) is 105 Å². The van der Waals surface area contributed by atoms with Crippen molar-refractivity contribution in [3.63, 3.8) is 0 Å². The Hall–Kier alpha value is -5.77. The molecule has 308 valence electrons. The van der Waals surface area contributed by atoms with Gasteiger partial charge in [0.1, 0.15) is 5.75 Å². The Labute approximate surface area is 344 Å². The van der Waals surface area contributed by atoms with Crippen LogP contribution in [0, 0.1) is 0 Å². The number of unbranched alkanes of at least 4 members (excludes halogenated alkanes) is 10. The zero-order chi connectivity index (χ0) is 40.1. The molecule has 0 N–H and O–H groups in total. The lowest BCUT2D eigenvalue weighted by molar-refractivity contribution is -0.133. The van der Waals surface area contributed by atoms with E-state index >= 15 is 0 Å². The van der Waals surface area contributed by atoms with Crippen LogP contribution in [0.25, 0.3) is 43.1 Å². The lowest BCUT2D eigenvalue weighted by Gasteiger charge is -2.20. The Kier molecular flexibility index (Phi) is 11.6. The number of benzene rings is 6. The smallest absolute Gasteiger partial charge is 0.315 e. The molecule has 0 atom stereocenters. The van der Waals surface area contributed by atoms with Crippen molar-refractivity contribution in [3.8, 4) is 51.7 Å². The Balaban J connectivity index is 1.19. The van der Waals surface area contributed by atoms with Gasteiger partial charge in [-0.25, -0.2) is 0 Å². The molecular weight excluding hydrogens is 749 g/mol. The number of esters is 1. The Bertz CT molecular complexity index is 2510. The molecule has 10 nitrogen and oxygen atoms in total. The molecule has 0 aromatic heterocycles. The summed E-state index contributed by atoms with van der Waals surface area (Å²) >= 11 is 0. The maximum absolute atomic E-state index is 13.9. The van der Waals surface area contributed by atoms with E-state index in [0.29, 0.717) is 65.0 Å². The summed E-state index contributed by atoms with van der Waals surface area (Å²) in [6, 6.07) is 19.6. The zero-order valence-corrected chi connectivity index (χ0v) is 34.1. The second kappa shape index (κ2) is 17.6. The maximum Gasteiger partial charge on any atom is 0.315 e. The van der Waals surface area contributed by atoms with Gasteiger partial charge < -0.3 is 42.6 Å². The van der Waals surface area contributed by atoms with Crippen LogP contribution in [-0.2, 0) is 11.2 Å². The van der Waals surface area contributed by atoms with Crippen molar-refractivity contribution in [2.45, 2.75) is 97.3 Å². The van der Waals surface area contributed by atoms with Crippen LogP contribution in [0.2, 0.25) is 0 Å². The van der Waals surface area contributed by atoms with Crippen LogP contribution in [0.5, 0.6) is 51.7 Å². The molecule has 6 aromatic rings. The van der Waals surface area contributed by atoms with Gasteiger partial charge in [0.15, 0.2) is 46.0 Å². The van der Waals surface area contributed by atoms with E-state index in [9.17, 15) is 4.79 Å². The summed E-state index contributed by atoms with van der Waals surface area (Å²) in [5, 5.41) is 7.06. The zero-order valence-electron chi connectivity index (χ0n) is 34.1. The van der Waals surface area contributed by atoms with Crippen molar-refractivity contribution in [1.82, 2.24) is 0 Å². The third-order valence-corrected chi connectivity index (χ3v) is 11.5. The lowest BCUT2D eigenvalue weighted by atomic mass is 9.89. The predicted molar refractivity (Wildman–Crippen MR) is 228 cm³/mol. The molecule has 0 unspecified atom stereocenters. The van der Waals surface area contributed by atoms with Crippen LogP contribution < -0.4 is 42.6 Å². The average molecular weight is 801 g/mol. The number of carbonyl (C=O) groups is 1. The maximum atomic E-state index is 13.9. The summed E-state index contributed by atoms with van der Waals surface area (Å²) in [4.78, 5) is 13.9. The Morgan fingerprint density at radius 2 is 0.966 bits per heavy atom. The third kappa shape index (κ3) is 8.14. The van der Waals surface area contributed by atoms with Crippen molar-refractivity contribution in [1.29, 1.82) is 0 Å². The molecule has 0 saturated heterocycles. The summed E-state index contributed by atoms with van der Waals surface area (Å²) in [6.45, 7) is 6.06. The van der Waals surface area contributed by atoms with Gasteiger partial charge in [-0.3, -0.25) is 4.79 Å². The van der Waals surface area contributed by atoms with Gasteiger partial charge in [-0.2, -0.15) is 0 Å². The molecule has 3 heterocycles. The van der Waals surface area contributed by atoms with Crippen molar-refractivity contribution < 1.29 is 47.4 Å². The predicted octanol–water partition coefficient (Wildman–Crippen LogP) is 12.1. The highest BCUT2D eigenvalue weighted by Gasteiger charge is 2.26. The minimum Gasteiger partial charge on any atom is -0.490 e. The first-order valence-corrected chi connectivity index (χ1v) is 21.5. The summed E-state index contributed by atoms with van der Waals surface area (Å²) in [7, 11) is 0. The molecular formula is C49H52O10. The van der Waals surface area contributed by atoms with E-state index in [2.05, 4.69) is 26.0 Å². The highest BCUT2D eigenvalue weighted by Crippen LogP contribution is 2.51. The molecule has 0 spiro atoms. The Morgan fingerprint density at radius 3 is 1.61 bits per heavy atom. The van der Waals surface area contributed by atoms with Crippen LogP contribution in [0.1, 0.15) is 96.5 Å². The van der Waals surface area contributed by atoms with Gasteiger partial charge in [0, 0.05) is 10.8 Å². The number of rotatable bonds is 19. The summed E-state index contributed by atoms with van der Waals surface area (Å²) < 4.78 is 54.4. The van der Waals surface area contributed by atoms with Crippen molar-refractivity contribution in [2.24, 2.45) is 0 Å². The van der Waals surface area contributed by atoms with Crippen molar-refractivity contribution in [2.75, 3.05) is 33.6 Å². The Morgan fingerprint density at radius 1 is 0.475 bits per heavy atom. The monoisotopic (exact) mass is 800 g/mol. The molecule has 0 amide bonds. The highest BCUT2D eigenvalue weighted by atomic mass is 16.7. The van der Waals surface area contributed by atoms with E-state index in [1.54, 1.807) is 0 Å². The first-order chi connectivity index (χ1) is 29.1. The molecule has 0 bridgehead atoms. The van der Waals surface area contributed by atoms with Crippen LogP contribution in [-0.4, -0.2) is 39.6 Å². The quantitative estimate of drug-likeness (QED) is 0.0341. The van der Waals surface area contributed by atoms with Gasteiger partial charge in [0.2, 0.25) is 20.4 Å². The standard InChI is InChI=1S/C49H52O10/c1-3-5-7-9-11-13-17-51-41-24-34-35-25-44-45(58-30-57-44)27-37(35)49-46(59-47(50)20-31-15-16-38-39(19-31)54-28-53-38)22-32-21-40-43(56-29-55-40)23-33(32)48(49)36(34)26-42(41)52-18-14-12-10-8-6-4-2/h15-16,19,21-27H,3-14,17-18,20,28-30H2,1-2H3. The molecule has 3 aliphatic heterocycles. The lowest BCUT2D eigenvalue weighted by Crippen LogP contribution is -2.11. The van der Waals surface area contributed by atoms with E-state index in [0.717, 1.165) is 74.3 Å². The number of fused-ring (bicyclic) bond motifs is 11. The number of ether oxygens (including phenoxy) is 9. The summed E-state index contributed by atoms with van der Waals surface area (Å²) in [5.41, 5.74) is 0.757. The van der Waals surface area contributed by atoms with Crippen molar-refractivity contribution in [3.05, 3.63) is 66.2 Å². The minimum absolute atomic E-state index is 0.0326. The highest BCUT2D eigenvalue weighted by molar-refractivity contribution is 6.34. The minimum atomic E-state index is -0.416. The molecule has 6 aromatic carbocycles. The molecule has 0 radical (unpaired) electrons. The normalized spacial score (nSPS) is 13.6. The van der Waals surface area contributed by atoms with Crippen LogP contribution in [0.15, 0.2) is 60.7 Å². The number of hydrogen-bond donors (Lipinski definition) is 0. The van der Waals surface area contributed by atoms with Crippen molar-refractivity contribution >= 4 is 49.1 Å². The van der Waals surface area contributed by atoms with Gasteiger partial charge in [-0.1, -0.05) is 84.1 Å². The SMILES string of the molecule is CCCCCCCCOc1cc2c3cc4c(cc3c3c(OC(=O)Cc5ccc6c(c5)OCO6)cc5cc6c(cc5c3c2cc1OCCCCCCCC)OCO6)OCO4. The topological polar surface area (TPSA) is 100 Å². The fourth-order valence-electron chi connectivity index (χ4n) is 8.48. The van der Waals surface area contributed by atoms with Crippen LogP contribution >= 0.6 is 0 Å². The molecule has 10 heteroatoms. The van der Waals surface area contributed by atoms with Gasteiger partial charge >= 0.3 is 5.97 Å². The van der Waals surface area contributed by atoms with E-state index in [-0.39, 0.29) is 26.8 Å². The van der Waals surface area contributed by atoms with Gasteiger partial charge in [0.05, 0.1) is 19.6 Å². The van der Waals surface area contributed by atoms with E-state index in [1.807, 2.05) is 48.5 Å². The fraction of sp³-hybridized carbons (Fsp3) is 0.408. The van der Waals surface area contributed by atoms with Gasteiger partial charge in [0.25, 0.3) is 0 Å². The fourth-order valence-corrected chi connectivity index (χ4v) is 8.48. The second-order valence-electron chi connectivity index (χ2n) is 15.7. The molecule has 59 heavy (non-hydrogen) atoms. The third-order valence-electron chi connectivity index (χ3n) is 11.5. The molecule has 3 aliphatic rings. The van der Waals surface area contributed by atoms with Crippen LogP contribution in [0.4, 0.5) is 0 Å². The molecule has 0 saturated carbocycles.